The summed E-state index contributed by atoms with van der Waals surface area (Å²) in [5, 5.41) is 3.59. The highest BCUT2D eigenvalue weighted by Crippen LogP contribution is 2.29. The first-order chi connectivity index (χ1) is 11.3. The monoisotopic (exact) mass is 318 g/mol. The molecule has 0 spiro atoms. The second kappa shape index (κ2) is 10.7. The van der Waals surface area contributed by atoms with Crippen molar-refractivity contribution in [3.8, 4) is 5.75 Å². The van der Waals surface area contributed by atoms with E-state index < -0.39 is 0 Å². The summed E-state index contributed by atoms with van der Waals surface area (Å²) in [7, 11) is 0. The van der Waals surface area contributed by atoms with Crippen LogP contribution in [0.15, 0.2) is 24.3 Å². The second-order valence-electron chi connectivity index (χ2n) is 6.74. The lowest BCUT2D eigenvalue weighted by Gasteiger charge is -2.21. The van der Waals surface area contributed by atoms with E-state index in [4.69, 9.17) is 4.74 Å². The standard InChI is InChI=1S/C20H34N2O/c1-3-14-22(17-19-5-6-19)15-13-21-12-11-18-7-9-20(10-8-18)23-16-4-2/h7-10,19,21H,3-6,11-17H2,1-2H3. The maximum Gasteiger partial charge on any atom is 0.119 e. The Morgan fingerprint density at radius 2 is 1.83 bits per heavy atom. The number of ether oxygens (including phenoxy) is 1. The predicted molar refractivity (Wildman–Crippen MR) is 98.3 cm³/mol. The second-order valence-corrected chi connectivity index (χ2v) is 6.74. The summed E-state index contributed by atoms with van der Waals surface area (Å²) in [5.74, 6) is 1.98. The van der Waals surface area contributed by atoms with Gasteiger partial charge in [-0.3, -0.25) is 0 Å². The zero-order valence-electron chi connectivity index (χ0n) is 15.0. The molecule has 23 heavy (non-hydrogen) atoms. The van der Waals surface area contributed by atoms with E-state index in [2.05, 4.69) is 48.3 Å². The van der Waals surface area contributed by atoms with Gasteiger partial charge in [0.2, 0.25) is 0 Å². The first-order valence-corrected chi connectivity index (χ1v) is 9.46. The van der Waals surface area contributed by atoms with E-state index in [0.717, 1.165) is 44.2 Å². The van der Waals surface area contributed by atoms with Gasteiger partial charge < -0.3 is 15.0 Å². The van der Waals surface area contributed by atoms with Crippen LogP contribution in [-0.2, 0) is 6.42 Å². The molecule has 3 heteroatoms. The van der Waals surface area contributed by atoms with Gasteiger partial charge in [-0.2, -0.15) is 0 Å². The summed E-state index contributed by atoms with van der Waals surface area (Å²) in [4.78, 5) is 2.63. The molecule has 0 aromatic heterocycles. The van der Waals surface area contributed by atoms with Crippen molar-refractivity contribution in [2.45, 2.75) is 46.0 Å². The van der Waals surface area contributed by atoms with E-state index in [-0.39, 0.29) is 0 Å². The van der Waals surface area contributed by atoms with Gasteiger partial charge in [-0.05, 0) is 68.8 Å². The molecule has 0 heterocycles. The summed E-state index contributed by atoms with van der Waals surface area (Å²) in [6.07, 6.45) is 6.31. The van der Waals surface area contributed by atoms with E-state index in [0.29, 0.717) is 0 Å². The van der Waals surface area contributed by atoms with Gasteiger partial charge in [-0.25, -0.2) is 0 Å². The quantitative estimate of drug-likeness (QED) is 0.561. The van der Waals surface area contributed by atoms with Crippen molar-refractivity contribution in [2.75, 3.05) is 39.3 Å². The molecule has 0 radical (unpaired) electrons. The number of benzene rings is 1. The molecule has 1 aromatic carbocycles. The van der Waals surface area contributed by atoms with E-state index in [1.54, 1.807) is 0 Å². The molecule has 1 fully saturated rings. The summed E-state index contributed by atoms with van der Waals surface area (Å²) in [6, 6.07) is 8.54. The molecule has 1 aliphatic rings. The molecule has 1 aromatic rings. The normalized spacial score (nSPS) is 14.4. The molecular weight excluding hydrogens is 284 g/mol. The van der Waals surface area contributed by atoms with Crippen LogP contribution in [0.1, 0.15) is 45.1 Å². The summed E-state index contributed by atoms with van der Waals surface area (Å²) >= 11 is 0. The zero-order valence-corrected chi connectivity index (χ0v) is 15.0. The molecule has 0 bridgehead atoms. The smallest absolute Gasteiger partial charge is 0.119 e. The SMILES string of the molecule is CCCOc1ccc(CCNCCN(CCC)CC2CC2)cc1. The molecule has 3 nitrogen and oxygen atoms in total. The molecule has 0 unspecified atom stereocenters. The van der Waals surface area contributed by atoms with E-state index in [1.165, 1.54) is 44.5 Å². The van der Waals surface area contributed by atoms with Crippen molar-refractivity contribution in [2.24, 2.45) is 5.92 Å². The lowest BCUT2D eigenvalue weighted by atomic mass is 10.1. The maximum absolute atomic E-state index is 5.62. The third-order valence-corrected chi connectivity index (χ3v) is 4.34. The molecule has 0 aliphatic heterocycles. The number of nitrogens with zero attached hydrogens (tertiary/aromatic N) is 1. The van der Waals surface area contributed by atoms with E-state index in [9.17, 15) is 0 Å². The molecule has 1 aliphatic carbocycles. The summed E-state index contributed by atoms with van der Waals surface area (Å²) < 4.78 is 5.62. The van der Waals surface area contributed by atoms with Crippen LogP contribution in [-0.4, -0.2) is 44.2 Å². The highest BCUT2D eigenvalue weighted by molar-refractivity contribution is 5.27. The van der Waals surface area contributed by atoms with Crippen molar-refractivity contribution >= 4 is 0 Å². The van der Waals surface area contributed by atoms with Gasteiger partial charge in [0.05, 0.1) is 6.61 Å². The highest BCUT2D eigenvalue weighted by Gasteiger charge is 2.23. The van der Waals surface area contributed by atoms with Crippen LogP contribution >= 0.6 is 0 Å². The summed E-state index contributed by atoms with van der Waals surface area (Å²) in [6.45, 7) is 11.1. The van der Waals surface area contributed by atoms with Gasteiger partial charge in [0.25, 0.3) is 0 Å². The Kier molecular flexibility index (Phi) is 8.48. The van der Waals surface area contributed by atoms with Gasteiger partial charge in [-0.1, -0.05) is 26.0 Å². The van der Waals surface area contributed by atoms with Crippen LogP contribution in [0.4, 0.5) is 0 Å². The molecule has 1 N–H and O–H groups in total. The van der Waals surface area contributed by atoms with Crippen molar-refractivity contribution in [1.29, 1.82) is 0 Å². The van der Waals surface area contributed by atoms with Gasteiger partial charge in [0.1, 0.15) is 5.75 Å². The molecule has 0 amide bonds. The Morgan fingerprint density at radius 1 is 1.04 bits per heavy atom. The number of nitrogens with one attached hydrogen (secondary N) is 1. The first kappa shape index (κ1) is 18.3. The predicted octanol–water partition coefficient (Wildman–Crippen LogP) is 3.73. The minimum Gasteiger partial charge on any atom is -0.494 e. The van der Waals surface area contributed by atoms with Crippen LogP contribution in [0.25, 0.3) is 0 Å². The molecule has 1 saturated carbocycles. The third kappa shape index (κ3) is 7.85. The Hall–Kier alpha value is -1.06. The van der Waals surface area contributed by atoms with Crippen molar-refractivity contribution in [3.05, 3.63) is 29.8 Å². The topological polar surface area (TPSA) is 24.5 Å². The fourth-order valence-corrected chi connectivity index (χ4v) is 2.84. The Bertz CT molecular complexity index is 414. The Balaban J connectivity index is 1.56. The highest BCUT2D eigenvalue weighted by atomic mass is 16.5. The minimum absolute atomic E-state index is 0.802. The molecule has 130 valence electrons. The molecule has 0 atom stereocenters. The lowest BCUT2D eigenvalue weighted by Crippen LogP contribution is -2.34. The van der Waals surface area contributed by atoms with E-state index >= 15 is 0 Å². The summed E-state index contributed by atoms with van der Waals surface area (Å²) in [5.41, 5.74) is 1.38. The van der Waals surface area contributed by atoms with Crippen LogP contribution in [0.5, 0.6) is 5.75 Å². The van der Waals surface area contributed by atoms with Gasteiger partial charge in [0, 0.05) is 19.6 Å². The van der Waals surface area contributed by atoms with Gasteiger partial charge in [-0.15, -0.1) is 0 Å². The van der Waals surface area contributed by atoms with Crippen LogP contribution in [0.2, 0.25) is 0 Å². The lowest BCUT2D eigenvalue weighted by molar-refractivity contribution is 0.263. The van der Waals surface area contributed by atoms with Crippen molar-refractivity contribution in [3.63, 3.8) is 0 Å². The fraction of sp³-hybridized carbons (Fsp3) is 0.700. The van der Waals surface area contributed by atoms with E-state index in [1.807, 2.05) is 0 Å². The van der Waals surface area contributed by atoms with Crippen molar-refractivity contribution < 1.29 is 4.74 Å². The Labute approximate surface area is 142 Å². The van der Waals surface area contributed by atoms with Crippen LogP contribution < -0.4 is 10.1 Å². The van der Waals surface area contributed by atoms with Gasteiger partial charge >= 0.3 is 0 Å². The zero-order chi connectivity index (χ0) is 16.3. The Morgan fingerprint density at radius 3 is 2.48 bits per heavy atom. The average molecular weight is 319 g/mol. The van der Waals surface area contributed by atoms with Crippen molar-refractivity contribution in [1.82, 2.24) is 10.2 Å². The van der Waals surface area contributed by atoms with Crippen LogP contribution in [0, 0.1) is 5.92 Å². The number of hydrogen-bond donors (Lipinski definition) is 1. The molecule has 2 rings (SSSR count). The number of hydrogen-bond acceptors (Lipinski definition) is 3. The average Bonchev–Trinajstić information content (AvgIpc) is 3.38. The van der Waals surface area contributed by atoms with Gasteiger partial charge in [0.15, 0.2) is 0 Å². The fourth-order valence-electron chi connectivity index (χ4n) is 2.84. The van der Waals surface area contributed by atoms with Crippen LogP contribution in [0.3, 0.4) is 0 Å². The molecule has 0 saturated heterocycles. The maximum atomic E-state index is 5.62. The largest absolute Gasteiger partial charge is 0.494 e. The third-order valence-electron chi connectivity index (χ3n) is 4.34. The first-order valence-electron chi connectivity index (χ1n) is 9.46. The number of rotatable bonds is 13. The molecular formula is C20H34N2O. The minimum atomic E-state index is 0.802.